The molecule has 0 radical (unpaired) electrons. The number of amides is 1. The van der Waals surface area contributed by atoms with Gasteiger partial charge in [0.2, 0.25) is 0 Å². The third kappa shape index (κ3) is 4.10. The fraction of sp³-hybridized carbons (Fsp3) is 0.235. The number of ether oxygens (including phenoxy) is 1. The second-order valence-electron chi connectivity index (χ2n) is 4.99. The molecule has 5 heteroatoms. The van der Waals surface area contributed by atoms with E-state index < -0.39 is 5.60 Å². The van der Waals surface area contributed by atoms with Crippen LogP contribution < -0.4 is 10.1 Å². The molecule has 4 nitrogen and oxygen atoms in total. The lowest BCUT2D eigenvalue weighted by Crippen LogP contribution is -2.38. The molecule has 0 bridgehead atoms. The van der Waals surface area contributed by atoms with Gasteiger partial charge in [-0.25, -0.2) is 0 Å². The van der Waals surface area contributed by atoms with Gasteiger partial charge in [0.25, 0.3) is 5.91 Å². The Morgan fingerprint density at radius 2 is 2.14 bits per heavy atom. The standard InChI is InChI=1S/C17H17NO3S/c1-3-9-21-15-6-4-13(5-7-15)16(19)18-12-17(2,20)14-8-10-22-11-14/h1,4-8,10-11,20H,9,12H2,2H3,(H,18,19)/t17-/m0/s1. The van der Waals surface area contributed by atoms with E-state index in [0.29, 0.717) is 11.3 Å². The van der Waals surface area contributed by atoms with Crippen LogP contribution in [0.25, 0.3) is 0 Å². The first-order valence-corrected chi connectivity index (χ1v) is 7.67. The zero-order chi connectivity index (χ0) is 16.0. The quantitative estimate of drug-likeness (QED) is 0.805. The SMILES string of the molecule is C#CCOc1ccc(C(=O)NC[C@](C)(O)c2ccsc2)cc1. The molecule has 2 aromatic rings. The van der Waals surface area contributed by atoms with Gasteiger partial charge in [-0.05, 0) is 53.6 Å². The summed E-state index contributed by atoms with van der Waals surface area (Å²) in [4.78, 5) is 12.1. The smallest absolute Gasteiger partial charge is 0.251 e. The summed E-state index contributed by atoms with van der Waals surface area (Å²) < 4.78 is 5.25. The molecule has 22 heavy (non-hydrogen) atoms. The van der Waals surface area contributed by atoms with Crippen LogP contribution in [-0.2, 0) is 5.60 Å². The summed E-state index contributed by atoms with van der Waals surface area (Å²) in [7, 11) is 0. The van der Waals surface area contributed by atoms with E-state index in [-0.39, 0.29) is 19.1 Å². The third-order valence-electron chi connectivity index (χ3n) is 3.17. The molecular formula is C17H17NO3S. The molecule has 114 valence electrons. The summed E-state index contributed by atoms with van der Waals surface area (Å²) in [6, 6.07) is 8.52. The lowest BCUT2D eigenvalue weighted by Gasteiger charge is -2.22. The number of rotatable bonds is 6. The highest BCUT2D eigenvalue weighted by Crippen LogP contribution is 2.22. The Labute approximate surface area is 133 Å². The van der Waals surface area contributed by atoms with Gasteiger partial charge in [0.15, 0.2) is 0 Å². The van der Waals surface area contributed by atoms with Crippen LogP contribution in [0.5, 0.6) is 5.75 Å². The van der Waals surface area contributed by atoms with Gasteiger partial charge in [-0.1, -0.05) is 5.92 Å². The minimum absolute atomic E-state index is 0.137. The molecule has 1 amide bonds. The van der Waals surface area contributed by atoms with Gasteiger partial charge in [-0.2, -0.15) is 11.3 Å². The Kier molecular flexibility index (Phi) is 5.21. The zero-order valence-corrected chi connectivity index (χ0v) is 13.0. The molecule has 1 aromatic carbocycles. The first kappa shape index (κ1) is 16.1. The summed E-state index contributed by atoms with van der Waals surface area (Å²) in [6.07, 6.45) is 5.11. The first-order valence-electron chi connectivity index (χ1n) is 6.72. The predicted octanol–water partition coefficient (Wildman–Crippen LogP) is 2.40. The maximum absolute atomic E-state index is 12.1. The second kappa shape index (κ2) is 7.12. The van der Waals surface area contributed by atoms with Crippen molar-refractivity contribution in [2.75, 3.05) is 13.2 Å². The van der Waals surface area contributed by atoms with Gasteiger partial charge < -0.3 is 15.2 Å². The number of nitrogens with one attached hydrogen (secondary N) is 1. The Hall–Kier alpha value is -2.29. The van der Waals surface area contributed by atoms with Crippen LogP contribution in [0.4, 0.5) is 0 Å². The lowest BCUT2D eigenvalue weighted by atomic mass is 9.99. The molecule has 0 fully saturated rings. The summed E-state index contributed by atoms with van der Waals surface area (Å²) in [6.45, 7) is 2.00. The summed E-state index contributed by atoms with van der Waals surface area (Å²) in [5.41, 5.74) is 0.191. The van der Waals surface area contributed by atoms with Crippen LogP contribution in [0.15, 0.2) is 41.1 Å². The summed E-state index contributed by atoms with van der Waals surface area (Å²) in [5, 5.41) is 16.9. The van der Waals surface area contributed by atoms with Crippen LogP contribution in [0, 0.1) is 12.3 Å². The zero-order valence-electron chi connectivity index (χ0n) is 12.2. The molecule has 2 N–H and O–H groups in total. The van der Waals surface area contributed by atoms with Crippen molar-refractivity contribution < 1.29 is 14.6 Å². The van der Waals surface area contributed by atoms with Crippen molar-refractivity contribution in [3.8, 4) is 18.1 Å². The third-order valence-corrected chi connectivity index (χ3v) is 3.86. The van der Waals surface area contributed by atoms with Crippen molar-refractivity contribution in [2.24, 2.45) is 0 Å². The van der Waals surface area contributed by atoms with Crippen molar-refractivity contribution in [3.63, 3.8) is 0 Å². The average Bonchev–Trinajstić information content (AvgIpc) is 3.06. The first-order chi connectivity index (χ1) is 10.5. The van der Waals surface area contributed by atoms with E-state index in [1.807, 2.05) is 16.8 Å². The minimum Gasteiger partial charge on any atom is -0.481 e. The number of terminal acetylenes is 1. The number of carbonyl (C=O) groups excluding carboxylic acids is 1. The van der Waals surface area contributed by atoms with E-state index >= 15 is 0 Å². The molecule has 0 saturated heterocycles. The van der Waals surface area contributed by atoms with Gasteiger partial charge in [0.1, 0.15) is 18.0 Å². The monoisotopic (exact) mass is 315 g/mol. The number of benzene rings is 1. The summed E-state index contributed by atoms with van der Waals surface area (Å²) in [5.74, 6) is 2.74. The van der Waals surface area contributed by atoms with E-state index in [1.165, 1.54) is 11.3 Å². The van der Waals surface area contributed by atoms with Crippen molar-refractivity contribution in [1.29, 1.82) is 0 Å². The molecule has 0 saturated carbocycles. The van der Waals surface area contributed by atoms with Crippen molar-refractivity contribution in [2.45, 2.75) is 12.5 Å². The van der Waals surface area contributed by atoms with Crippen molar-refractivity contribution in [1.82, 2.24) is 5.32 Å². The van der Waals surface area contributed by atoms with Crippen LogP contribution in [0.1, 0.15) is 22.8 Å². The highest BCUT2D eigenvalue weighted by atomic mass is 32.1. The highest BCUT2D eigenvalue weighted by molar-refractivity contribution is 7.08. The topological polar surface area (TPSA) is 58.6 Å². The van der Waals surface area contributed by atoms with E-state index in [0.717, 1.165) is 5.56 Å². The largest absolute Gasteiger partial charge is 0.481 e. The maximum Gasteiger partial charge on any atom is 0.251 e. The lowest BCUT2D eigenvalue weighted by molar-refractivity contribution is 0.0530. The average molecular weight is 315 g/mol. The Bertz CT molecular complexity index is 654. The van der Waals surface area contributed by atoms with Crippen molar-refractivity contribution >= 4 is 17.2 Å². The van der Waals surface area contributed by atoms with Crippen LogP contribution >= 0.6 is 11.3 Å². The molecule has 1 aromatic heterocycles. The van der Waals surface area contributed by atoms with Crippen LogP contribution in [-0.4, -0.2) is 24.2 Å². The molecular weight excluding hydrogens is 298 g/mol. The Balaban J connectivity index is 1.93. The number of thiophene rings is 1. The van der Waals surface area contributed by atoms with Crippen LogP contribution in [0.3, 0.4) is 0 Å². The molecule has 0 unspecified atom stereocenters. The van der Waals surface area contributed by atoms with Gasteiger partial charge >= 0.3 is 0 Å². The van der Waals surface area contributed by atoms with Gasteiger partial charge in [-0.15, -0.1) is 6.42 Å². The van der Waals surface area contributed by atoms with Gasteiger partial charge in [0.05, 0.1) is 6.54 Å². The molecule has 1 heterocycles. The Morgan fingerprint density at radius 3 is 2.73 bits per heavy atom. The number of aliphatic hydroxyl groups is 1. The van der Waals surface area contributed by atoms with E-state index in [2.05, 4.69) is 11.2 Å². The van der Waals surface area contributed by atoms with Crippen molar-refractivity contribution in [3.05, 3.63) is 52.2 Å². The second-order valence-corrected chi connectivity index (χ2v) is 5.77. The predicted molar refractivity (Wildman–Crippen MR) is 87.0 cm³/mol. The molecule has 2 rings (SSSR count). The minimum atomic E-state index is -1.09. The molecule has 0 aliphatic heterocycles. The molecule has 0 spiro atoms. The number of hydrogen-bond acceptors (Lipinski definition) is 4. The Morgan fingerprint density at radius 1 is 1.41 bits per heavy atom. The maximum atomic E-state index is 12.1. The molecule has 0 aliphatic rings. The van der Waals surface area contributed by atoms with E-state index in [4.69, 9.17) is 11.2 Å². The normalized spacial score (nSPS) is 13.0. The van der Waals surface area contributed by atoms with Crippen LogP contribution in [0.2, 0.25) is 0 Å². The van der Waals surface area contributed by atoms with Gasteiger partial charge in [0, 0.05) is 5.56 Å². The van der Waals surface area contributed by atoms with E-state index in [9.17, 15) is 9.90 Å². The van der Waals surface area contributed by atoms with E-state index in [1.54, 1.807) is 31.2 Å². The fourth-order valence-corrected chi connectivity index (χ4v) is 2.64. The molecule has 1 atom stereocenters. The summed E-state index contributed by atoms with van der Waals surface area (Å²) >= 11 is 1.50. The number of hydrogen-bond donors (Lipinski definition) is 2. The highest BCUT2D eigenvalue weighted by Gasteiger charge is 2.24. The fourth-order valence-electron chi connectivity index (χ4n) is 1.85. The number of carbonyl (C=O) groups is 1. The van der Waals surface area contributed by atoms with Gasteiger partial charge in [-0.3, -0.25) is 4.79 Å². The molecule has 0 aliphatic carbocycles.